The fraction of sp³-hybridized carbons (Fsp3) is 0.946. The number of aliphatic hydroxyl groups is 3. The number of hydrogen-bond acceptors (Lipinski definition) is 12. The monoisotopic (exact) mass is 701 g/mol. The summed E-state index contributed by atoms with van der Waals surface area (Å²) in [6.45, 7) is 18.1. The first-order chi connectivity index (χ1) is 22.7. The van der Waals surface area contributed by atoms with Gasteiger partial charge in [-0.3, -0.25) is 9.59 Å². The van der Waals surface area contributed by atoms with Gasteiger partial charge in [0.15, 0.2) is 12.6 Å². The summed E-state index contributed by atoms with van der Waals surface area (Å²) in [5, 5.41) is 35.2. The molecule has 0 aromatic rings. The van der Waals surface area contributed by atoms with E-state index in [2.05, 4.69) is 0 Å². The molecule has 0 aliphatic carbocycles. The van der Waals surface area contributed by atoms with Crippen molar-refractivity contribution >= 4 is 11.8 Å². The van der Waals surface area contributed by atoms with E-state index < -0.39 is 89.9 Å². The van der Waals surface area contributed by atoms with E-state index in [4.69, 9.17) is 28.4 Å². The Balaban J connectivity index is 2.14. The maximum Gasteiger partial charge on any atom is 0.311 e. The summed E-state index contributed by atoms with van der Waals surface area (Å²) in [6, 6.07) is -0.270. The predicted molar refractivity (Wildman–Crippen MR) is 183 cm³/mol. The maximum absolute atomic E-state index is 14.0. The van der Waals surface area contributed by atoms with Crippen LogP contribution in [-0.4, -0.2) is 126 Å². The minimum absolute atomic E-state index is 0.0107. The van der Waals surface area contributed by atoms with Crippen molar-refractivity contribution in [3.63, 3.8) is 0 Å². The maximum atomic E-state index is 14.0. The molecule has 2 unspecified atom stereocenters. The number of ketones is 1. The predicted octanol–water partition coefficient (Wildman–Crippen LogP) is 3.70. The third-order valence-corrected chi connectivity index (χ3v) is 11.5. The highest BCUT2D eigenvalue weighted by Crippen LogP contribution is 2.40. The van der Waals surface area contributed by atoms with Crippen LogP contribution >= 0.6 is 0 Å². The molecule has 3 N–H and O–H groups in total. The van der Waals surface area contributed by atoms with Crippen LogP contribution in [0.4, 0.5) is 0 Å². The smallest absolute Gasteiger partial charge is 0.311 e. The molecule has 17 atom stereocenters. The number of cyclic esters (lactones) is 1. The van der Waals surface area contributed by atoms with E-state index in [0.717, 1.165) is 0 Å². The van der Waals surface area contributed by atoms with Crippen LogP contribution in [0.5, 0.6) is 0 Å². The number of methoxy groups -OCH3 is 1. The van der Waals surface area contributed by atoms with Gasteiger partial charge in [-0.2, -0.15) is 0 Å². The van der Waals surface area contributed by atoms with Crippen molar-refractivity contribution in [1.29, 1.82) is 0 Å². The Bertz CT molecular complexity index is 1090. The number of rotatable bonds is 7. The Kier molecular flexibility index (Phi) is 14.7. The van der Waals surface area contributed by atoms with Crippen molar-refractivity contribution in [3.05, 3.63) is 0 Å². The summed E-state index contributed by atoms with van der Waals surface area (Å²) in [7, 11) is 5.42. The summed E-state index contributed by atoms with van der Waals surface area (Å²) < 4.78 is 37.7. The zero-order valence-corrected chi connectivity index (χ0v) is 32.3. The van der Waals surface area contributed by atoms with E-state index in [1.54, 1.807) is 41.7 Å². The molecule has 0 aromatic heterocycles. The molecule has 0 saturated carbocycles. The van der Waals surface area contributed by atoms with Crippen LogP contribution in [0.15, 0.2) is 0 Å². The number of aliphatic hydroxyl groups excluding tert-OH is 2. The highest BCUT2D eigenvalue weighted by atomic mass is 16.7. The number of esters is 1. The zero-order chi connectivity index (χ0) is 37.2. The van der Waals surface area contributed by atoms with E-state index in [0.29, 0.717) is 25.7 Å². The quantitative estimate of drug-likeness (QED) is 0.332. The van der Waals surface area contributed by atoms with Crippen LogP contribution in [0.1, 0.15) is 101 Å². The summed E-state index contributed by atoms with van der Waals surface area (Å²) in [6.07, 6.45) is -5.01. The van der Waals surface area contributed by atoms with Crippen LogP contribution in [0.3, 0.4) is 0 Å². The normalized spacial score (nSPS) is 48.2. The molecule has 0 radical (unpaired) electrons. The second-order valence-corrected chi connectivity index (χ2v) is 16.2. The van der Waals surface area contributed by atoms with Crippen LogP contribution in [0.2, 0.25) is 0 Å². The second-order valence-electron chi connectivity index (χ2n) is 16.2. The largest absolute Gasteiger partial charge is 0.462 e. The van der Waals surface area contributed by atoms with E-state index >= 15 is 0 Å². The number of ether oxygens (including phenoxy) is 6. The lowest BCUT2D eigenvalue weighted by atomic mass is 9.74. The molecule has 3 heterocycles. The standard InChI is InChI=1S/C37H67NO11/c1-14-27-22(5)30(40)23(6)29(39)19(2)16-37(10,43)33(49-35-31(41)26(38(11)12)15-20(3)46-35)24(7)32(25(8)34(42)47-27)48-28-18-36(9,44-13)17-21(4)45-28/h19-28,30-33,35,40-41,43H,14-18H2,1-13H3/t19-,20-,21+,22+,23+,24+,25-,26+,27?,28+,30+,31-,32?,33-,35+,36+,37-/m1/s1. The Hall–Kier alpha value is -1.22. The number of carbonyl (C=O) groups excluding carboxylic acids is 2. The molecular weight excluding hydrogens is 634 g/mol. The summed E-state index contributed by atoms with van der Waals surface area (Å²) in [5.41, 5.74) is -2.20. The summed E-state index contributed by atoms with van der Waals surface area (Å²) >= 11 is 0. The van der Waals surface area contributed by atoms with Gasteiger partial charge >= 0.3 is 5.97 Å². The molecule has 3 saturated heterocycles. The van der Waals surface area contributed by atoms with Gasteiger partial charge in [0.2, 0.25) is 0 Å². The molecule has 49 heavy (non-hydrogen) atoms. The highest BCUT2D eigenvalue weighted by Gasteiger charge is 2.51. The molecule has 3 rings (SSSR count). The SMILES string of the molecule is CCC1OC(=O)[C@H](C)C(O[C@H]2C[C@@](C)(OC)C[C@H](C)O2)[C@H](C)[C@@H](O[C@@H]2O[C@H](C)C[C@H](N(C)C)[C@H]2O)[C@](C)(O)C[C@@H](C)C(=O)[C@H](C)[C@@H](O)[C@H]1C. The van der Waals surface area contributed by atoms with Crippen molar-refractivity contribution in [2.75, 3.05) is 21.2 Å². The molecule has 12 heteroatoms. The molecule has 286 valence electrons. The average molecular weight is 702 g/mol. The van der Waals surface area contributed by atoms with Crippen LogP contribution in [-0.2, 0) is 38.0 Å². The first-order valence-electron chi connectivity index (χ1n) is 18.3. The third-order valence-electron chi connectivity index (χ3n) is 11.5. The molecule has 12 nitrogen and oxygen atoms in total. The fourth-order valence-corrected chi connectivity index (χ4v) is 8.41. The fourth-order valence-electron chi connectivity index (χ4n) is 8.41. The number of hydrogen-bond donors (Lipinski definition) is 3. The van der Waals surface area contributed by atoms with Crippen molar-refractivity contribution < 1.29 is 53.3 Å². The van der Waals surface area contributed by atoms with Gasteiger partial charge in [-0.1, -0.05) is 34.6 Å². The Morgan fingerprint density at radius 2 is 1.49 bits per heavy atom. The molecular formula is C37H67NO11. The number of carbonyl (C=O) groups is 2. The Morgan fingerprint density at radius 3 is 2.06 bits per heavy atom. The highest BCUT2D eigenvalue weighted by molar-refractivity contribution is 5.83. The molecule has 3 aliphatic rings. The van der Waals surface area contributed by atoms with Gasteiger partial charge in [0.05, 0.1) is 47.6 Å². The van der Waals surface area contributed by atoms with E-state index in [-0.39, 0.29) is 30.5 Å². The van der Waals surface area contributed by atoms with Gasteiger partial charge in [0, 0.05) is 49.7 Å². The van der Waals surface area contributed by atoms with Gasteiger partial charge in [-0.15, -0.1) is 0 Å². The lowest BCUT2D eigenvalue weighted by Crippen LogP contribution is -2.60. The van der Waals surface area contributed by atoms with Gasteiger partial charge in [0.1, 0.15) is 18.0 Å². The molecule has 0 aromatic carbocycles. The van der Waals surface area contributed by atoms with Crippen LogP contribution < -0.4 is 0 Å². The zero-order valence-electron chi connectivity index (χ0n) is 32.3. The van der Waals surface area contributed by atoms with Gasteiger partial charge in [-0.05, 0) is 68.0 Å². The van der Waals surface area contributed by atoms with Crippen molar-refractivity contribution in [1.82, 2.24) is 4.90 Å². The third kappa shape index (κ3) is 10.0. The second kappa shape index (κ2) is 17.1. The van der Waals surface area contributed by atoms with Gasteiger partial charge in [0.25, 0.3) is 0 Å². The molecule has 0 amide bonds. The first-order valence-corrected chi connectivity index (χ1v) is 18.3. The van der Waals surface area contributed by atoms with Crippen molar-refractivity contribution in [2.24, 2.45) is 29.6 Å². The summed E-state index contributed by atoms with van der Waals surface area (Å²) in [5.74, 6) is -4.29. The molecule has 0 spiro atoms. The first kappa shape index (κ1) is 42.2. The topological polar surface area (TPSA) is 153 Å². The number of Topliss-reactive ketones (excluding diaryl/α,β-unsaturated/α-hetero) is 1. The lowest BCUT2D eigenvalue weighted by Gasteiger charge is -2.48. The Labute approximate surface area is 294 Å². The minimum Gasteiger partial charge on any atom is -0.462 e. The number of nitrogens with zero attached hydrogens (tertiary/aromatic N) is 1. The molecule has 3 aliphatic heterocycles. The van der Waals surface area contributed by atoms with Gasteiger partial charge < -0.3 is 48.6 Å². The minimum atomic E-state index is -1.68. The van der Waals surface area contributed by atoms with E-state index in [1.807, 2.05) is 53.6 Å². The Morgan fingerprint density at radius 1 is 0.857 bits per heavy atom. The van der Waals surface area contributed by atoms with E-state index in [1.165, 1.54) is 0 Å². The van der Waals surface area contributed by atoms with Crippen molar-refractivity contribution in [2.45, 2.75) is 174 Å². The molecule has 0 bridgehead atoms. The summed E-state index contributed by atoms with van der Waals surface area (Å²) in [4.78, 5) is 29.7. The van der Waals surface area contributed by atoms with Gasteiger partial charge in [-0.25, -0.2) is 0 Å². The number of likely N-dealkylation sites (N-methyl/N-ethyl adjacent to an activating group) is 1. The average Bonchev–Trinajstić information content (AvgIpc) is 3.02. The lowest BCUT2D eigenvalue weighted by molar-refractivity contribution is -0.310. The van der Waals surface area contributed by atoms with Crippen LogP contribution in [0, 0.1) is 29.6 Å². The van der Waals surface area contributed by atoms with E-state index in [9.17, 15) is 24.9 Å². The van der Waals surface area contributed by atoms with Crippen molar-refractivity contribution in [3.8, 4) is 0 Å². The van der Waals surface area contributed by atoms with Crippen LogP contribution in [0.25, 0.3) is 0 Å². The molecule has 3 fully saturated rings.